The Balaban J connectivity index is 1.69. The van der Waals surface area contributed by atoms with Crippen LogP contribution in [0.2, 0.25) is 0 Å². The van der Waals surface area contributed by atoms with Gasteiger partial charge in [0.25, 0.3) is 5.22 Å². The van der Waals surface area contributed by atoms with Crippen LogP contribution in [0.3, 0.4) is 0 Å². The fourth-order valence-electron chi connectivity index (χ4n) is 1.65. The van der Waals surface area contributed by atoms with Crippen molar-refractivity contribution in [1.82, 2.24) is 15.2 Å². The highest BCUT2D eigenvalue weighted by molar-refractivity contribution is 14.1. The summed E-state index contributed by atoms with van der Waals surface area (Å²) < 4.78 is 6.84. The lowest BCUT2D eigenvalue weighted by molar-refractivity contribution is 0.465. The van der Waals surface area contributed by atoms with Crippen LogP contribution in [0.25, 0.3) is 11.5 Å². The average molecular weight is 395 g/mol. The topological polar surface area (TPSA) is 51.8 Å². The van der Waals surface area contributed by atoms with Gasteiger partial charge in [0, 0.05) is 21.7 Å². The molecule has 0 atom stereocenters. The maximum atomic E-state index is 5.62. The molecule has 0 N–H and O–H groups in total. The Labute approximate surface area is 134 Å². The molecule has 1 aromatic carbocycles. The summed E-state index contributed by atoms with van der Waals surface area (Å²) >= 11 is 3.84. The molecule has 0 aliphatic heterocycles. The van der Waals surface area contributed by atoms with Crippen LogP contribution < -0.4 is 0 Å². The lowest BCUT2D eigenvalue weighted by Gasteiger charge is -1.98. The van der Waals surface area contributed by atoms with E-state index in [0.717, 1.165) is 11.3 Å². The van der Waals surface area contributed by atoms with Crippen molar-refractivity contribution in [2.24, 2.45) is 0 Å². The highest BCUT2D eigenvalue weighted by Crippen LogP contribution is 2.25. The molecule has 100 valence electrons. The minimum atomic E-state index is 0.503. The summed E-state index contributed by atoms with van der Waals surface area (Å²) in [6, 6.07) is 12.1. The van der Waals surface area contributed by atoms with Crippen LogP contribution in [-0.2, 0) is 5.75 Å². The SMILES string of the molecule is Ic1cccc(CSc2nnc(-c3cccnc3)o2)c1. The molecule has 0 amide bonds. The van der Waals surface area contributed by atoms with Crippen LogP contribution in [0.5, 0.6) is 0 Å². The zero-order valence-electron chi connectivity index (χ0n) is 10.4. The molecule has 6 heteroatoms. The second-order valence-electron chi connectivity index (χ2n) is 4.03. The summed E-state index contributed by atoms with van der Waals surface area (Å²) in [5, 5.41) is 8.66. The smallest absolute Gasteiger partial charge is 0.277 e. The second kappa shape index (κ2) is 6.36. The van der Waals surface area contributed by atoms with Gasteiger partial charge < -0.3 is 4.42 Å². The minimum Gasteiger partial charge on any atom is -0.411 e. The molecule has 0 spiro atoms. The van der Waals surface area contributed by atoms with Crippen molar-refractivity contribution in [1.29, 1.82) is 0 Å². The van der Waals surface area contributed by atoms with E-state index in [4.69, 9.17) is 4.42 Å². The molecule has 2 heterocycles. The molecule has 0 radical (unpaired) electrons. The second-order valence-corrected chi connectivity index (χ2v) is 6.21. The normalized spacial score (nSPS) is 10.7. The van der Waals surface area contributed by atoms with Crippen molar-refractivity contribution in [2.45, 2.75) is 11.0 Å². The zero-order chi connectivity index (χ0) is 13.8. The highest BCUT2D eigenvalue weighted by Gasteiger charge is 2.09. The Morgan fingerprint density at radius 3 is 2.90 bits per heavy atom. The van der Waals surface area contributed by atoms with Crippen molar-refractivity contribution >= 4 is 34.4 Å². The number of thioether (sulfide) groups is 1. The van der Waals surface area contributed by atoms with E-state index in [-0.39, 0.29) is 0 Å². The Hall–Kier alpha value is -1.41. The minimum absolute atomic E-state index is 0.503. The van der Waals surface area contributed by atoms with Crippen LogP contribution >= 0.6 is 34.4 Å². The number of pyridine rings is 1. The average Bonchev–Trinajstić information content (AvgIpc) is 2.95. The van der Waals surface area contributed by atoms with Crippen molar-refractivity contribution in [3.05, 3.63) is 57.9 Å². The molecular weight excluding hydrogens is 385 g/mol. The lowest BCUT2D eigenvalue weighted by Crippen LogP contribution is -1.81. The van der Waals surface area contributed by atoms with Crippen molar-refractivity contribution < 1.29 is 4.42 Å². The largest absolute Gasteiger partial charge is 0.411 e. The highest BCUT2D eigenvalue weighted by atomic mass is 127. The standard InChI is InChI=1S/C14H10IN3OS/c15-12-5-1-3-10(7-12)9-20-14-18-17-13(19-14)11-4-2-6-16-8-11/h1-8H,9H2. The molecule has 0 saturated heterocycles. The molecule has 3 aromatic rings. The van der Waals surface area contributed by atoms with E-state index in [0.29, 0.717) is 11.1 Å². The number of hydrogen-bond acceptors (Lipinski definition) is 5. The molecular formula is C14H10IN3OS. The van der Waals surface area contributed by atoms with Gasteiger partial charge in [-0.1, -0.05) is 23.9 Å². The zero-order valence-corrected chi connectivity index (χ0v) is 13.3. The molecule has 20 heavy (non-hydrogen) atoms. The number of halogens is 1. The van der Waals surface area contributed by atoms with E-state index in [2.05, 4.69) is 56.0 Å². The van der Waals surface area contributed by atoms with Crippen LogP contribution in [0.4, 0.5) is 0 Å². The van der Waals surface area contributed by atoms with Gasteiger partial charge in [0.1, 0.15) is 0 Å². The van der Waals surface area contributed by atoms with Gasteiger partial charge >= 0.3 is 0 Å². The Bertz CT molecular complexity index is 702. The van der Waals surface area contributed by atoms with E-state index in [1.54, 1.807) is 12.4 Å². The maximum absolute atomic E-state index is 5.62. The third-order valence-corrected chi connectivity index (χ3v) is 4.13. The Kier molecular flexibility index (Phi) is 4.31. The predicted octanol–water partition coefficient (Wildman–Crippen LogP) is 4.03. The first-order valence-corrected chi connectivity index (χ1v) is 7.99. The Morgan fingerprint density at radius 2 is 2.10 bits per heavy atom. The molecule has 0 unspecified atom stereocenters. The van der Waals surface area contributed by atoms with Gasteiger partial charge in [0.2, 0.25) is 5.89 Å². The van der Waals surface area contributed by atoms with Crippen molar-refractivity contribution in [3.63, 3.8) is 0 Å². The molecule has 2 aromatic heterocycles. The van der Waals surface area contributed by atoms with Crippen LogP contribution in [0.1, 0.15) is 5.56 Å². The molecule has 0 aliphatic rings. The Morgan fingerprint density at radius 1 is 1.15 bits per heavy atom. The maximum Gasteiger partial charge on any atom is 0.277 e. The van der Waals surface area contributed by atoms with Crippen molar-refractivity contribution in [2.75, 3.05) is 0 Å². The summed E-state index contributed by atoms with van der Waals surface area (Å²) in [4.78, 5) is 4.04. The van der Waals surface area contributed by atoms with E-state index < -0.39 is 0 Å². The quantitative estimate of drug-likeness (QED) is 0.493. The molecule has 0 aliphatic carbocycles. The van der Waals surface area contributed by atoms with Gasteiger partial charge in [-0.15, -0.1) is 10.2 Å². The third kappa shape index (κ3) is 3.37. The molecule has 0 fully saturated rings. The fraction of sp³-hybridized carbons (Fsp3) is 0.0714. The van der Waals surface area contributed by atoms with Gasteiger partial charge in [-0.05, 0) is 52.4 Å². The van der Waals surface area contributed by atoms with Gasteiger partial charge in [-0.2, -0.15) is 0 Å². The van der Waals surface area contributed by atoms with Crippen LogP contribution in [-0.4, -0.2) is 15.2 Å². The molecule has 0 saturated carbocycles. The van der Waals surface area contributed by atoms with E-state index in [1.165, 1.54) is 20.9 Å². The first-order valence-electron chi connectivity index (χ1n) is 5.92. The van der Waals surface area contributed by atoms with Crippen LogP contribution in [0.15, 0.2) is 58.4 Å². The van der Waals surface area contributed by atoms with E-state index in [9.17, 15) is 0 Å². The monoisotopic (exact) mass is 395 g/mol. The summed E-state index contributed by atoms with van der Waals surface area (Å²) in [5.41, 5.74) is 2.07. The van der Waals surface area contributed by atoms with E-state index in [1.807, 2.05) is 18.2 Å². The molecule has 0 bridgehead atoms. The fourth-order valence-corrected chi connectivity index (χ4v) is 2.96. The van der Waals surface area contributed by atoms with Gasteiger partial charge in [-0.3, -0.25) is 4.98 Å². The van der Waals surface area contributed by atoms with Gasteiger partial charge in [0.05, 0.1) is 5.56 Å². The number of nitrogens with zero attached hydrogens (tertiary/aromatic N) is 3. The number of hydrogen-bond donors (Lipinski definition) is 0. The van der Waals surface area contributed by atoms with Crippen LogP contribution in [0, 0.1) is 3.57 Å². The van der Waals surface area contributed by atoms with Gasteiger partial charge in [0.15, 0.2) is 0 Å². The predicted molar refractivity (Wildman–Crippen MR) is 86.2 cm³/mol. The summed E-state index contributed by atoms with van der Waals surface area (Å²) in [5.74, 6) is 1.31. The summed E-state index contributed by atoms with van der Waals surface area (Å²) in [6.45, 7) is 0. The first-order chi connectivity index (χ1) is 9.81. The van der Waals surface area contributed by atoms with Gasteiger partial charge in [-0.25, -0.2) is 0 Å². The number of benzene rings is 1. The first kappa shape index (κ1) is 13.6. The lowest BCUT2D eigenvalue weighted by atomic mass is 10.2. The molecule has 3 rings (SSSR count). The number of aromatic nitrogens is 3. The number of rotatable bonds is 4. The summed E-state index contributed by atoms with van der Waals surface area (Å²) in [7, 11) is 0. The van der Waals surface area contributed by atoms with Crippen molar-refractivity contribution in [3.8, 4) is 11.5 Å². The van der Waals surface area contributed by atoms with E-state index >= 15 is 0 Å². The summed E-state index contributed by atoms with van der Waals surface area (Å²) in [6.07, 6.45) is 3.42. The molecule has 4 nitrogen and oxygen atoms in total. The third-order valence-electron chi connectivity index (χ3n) is 2.57.